The fourth-order valence-corrected chi connectivity index (χ4v) is 3.39. The van der Waals surface area contributed by atoms with Gasteiger partial charge in [-0.25, -0.2) is 9.67 Å². The Bertz CT molecular complexity index is 1090. The van der Waals surface area contributed by atoms with E-state index in [0.717, 1.165) is 16.7 Å². The molecule has 0 spiro atoms. The van der Waals surface area contributed by atoms with Gasteiger partial charge in [-0.2, -0.15) is 5.10 Å². The monoisotopic (exact) mass is 408 g/mol. The fourth-order valence-electron chi connectivity index (χ4n) is 3.39. The molecule has 0 unspecified atom stereocenters. The van der Waals surface area contributed by atoms with Gasteiger partial charge in [-0.15, -0.1) is 0 Å². The summed E-state index contributed by atoms with van der Waals surface area (Å²) in [6, 6.07) is 7.75. The van der Waals surface area contributed by atoms with Gasteiger partial charge in [0, 0.05) is 17.6 Å². The van der Waals surface area contributed by atoms with Crippen LogP contribution in [-0.4, -0.2) is 39.9 Å². The standard InChI is InChI=1S/C23H28N4O3/c1-13(2)15(5)25-23(28)17-11-19(26-22-18(17)12-24-27(22)14(3)4)16-6-7-20-21(10-16)30-9-8-29-20/h6-7,10-15H,8-9H2,1-5H3,(H,25,28)/t15-/m0/s1. The predicted molar refractivity (Wildman–Crippen MR) is 116 cm³/mol. The van der Waals surface area contributed by atoms with E-state index in [1.165, 1.54) is 0 Å². The summed E-state index contributed by atoms with van der Waals surface area (Å²) in [5.74, 6) is 1.63. The van der Waals surface area contributed by atoms with Crippen LogP contribution in [0, 0.1) is 5.92 Å². The molecule has 4 rings (SSSR count). The molecule has 3 heterocycles. The number of carbonyl (C=O) groups is 1. The van der Waals surface area contributed by atoms with E-state index in [1.807, 2.05) is 49.7 Å². The Morgan fingerprint density at radius 1 is 1.07 bits per heavy atom. The SMILES string of the molecule is CC(C)[C@H](C)NC(=O)c1cc(-c2ccc3c(c2)OCCO3)nc2c1cnn2C(C)C. The molecule has 1 N–H and O–H groups in total. The molecule has 0 fully saturated rings. The Balaban J connectivity index is 1.84. The smallest absolute Gasteiger partial charge is 0.252 e. The summed E-state index contributed by atoms with van der Waals surface area (Å²) in [6.45, 7) is 11.3. The zero-order chi connectivity index (χ0) is 21.4. The van der Waals surface area contributed by atoms with Crippen LogP contribution in [0.5, 0.6) is 11.5 Å². The Kier molecular flexibility index (Phi) is 5.37. The first-order valence-corrected chi connectivity index (χ1v) is 10.4. The molecule has 1 aliphatic rings. The zero-order valence-electron chi connectivity index (χ0n) is 18.1. The molecule has 1 aliphatic heterocycles. The number of rotatable bonds is 5. The van der Waals surface area contributed by atoms with Crippen LogP contribution < -0.4 is 14.8 Å². The molecule has 0 aliphatic carbocycles. The van der Waals surface area contributed by atoms with Gasteiger partial charge in [0.1, 0.15) is 13.2 Å². The third-order valence-electron chi connectivity index (χ3n) is 5.50. The predicted octanol–water partition coefficient (Wildman–Crippen LogP) is 4.22. The van der Waals surface area contributed by atoms with Crippen LogP contribution in [0.1, 0.15) is 51.0 Å². The number of hydrogen-bond donors (Lipinski definition) is 1. The molecular formula is C23H28N4O3. The molecule has 0 saturated carbocycles. The van der Waals surface area contributed by atoms with E-state index < -0.39 is 0 Å². The Hall–Kier alpha value is -3.09. The molecule has 0 saturated heterocycles. The van der Waals surface area contributed by atoms with Crippen molar-refractivity contribution in [2.75, 3.05) is 13.2 Å². The number of carbonyl (C=O) groups excluding carboxylic acids is 1. The first kappa shape index (κ1) is 20.2. The van der Waals surface area contributed by atoms with Crippen LogP contribution in [0.15, 0.2) is 30.5 Å². The van der Waals surface area contributed by atoms with E-state index >= 15 is 0 Å². The molecular weight excluding hydrogens is 380 g/mol. The Morgan fingerprint density at radius 2 is 1.80 bits per heavy atom. The summed E-state index contributed by atoms with van der Waals surface area (Å²) in [5.41, 5.74) is 2.83. The molecule has 158 valence electrons. The summed E-state index contributed by atoms with van der Waals surface area (Å²) >= 11 is 0. The van der Waals surface area contributed by atoms with E-state index in [4.69, 9.17) is 14.5 Å². The maximum Gasteiger partial charge on any atom is 0.252 e. The van der Waals surface area contributed by atoms with Crippen LogP contribution in [0.3, 0.4) is 0 Å². The number of aromatic nitrogens is 3. The maximum absolute atomic E-state index is 13.1. The Labute approximate surface area is 176 Å². The number of ether oxygens (including phenoxy) is 2. The van der Waals surface area contributed by atoms with Crippen molar-refractivity contribution in [2.24, 2.45) is 5.92 Å². The second-order valence-electron chi connectivity index (χ2n) is 8.34. The lowest BCUT2D eigenvalue weighted by molar-refractivity contribution is 0.0932. The number of fused-ring (bicyclic) bond motifs is 2. The Morgan fingerprint density at radius 3 is 2.50 bits per heavy atom. The van der Waals surface area contributed by atoms with Crippen LogP contribution >= 0.6 is 0 Å². The van der Waals surface area contributed by atoms with Gasteiger partial charge in [-0.05, 0) is 51.0 Å². The van der Waals surface area contributed by atoms with Crippen molar-refractivity contribution in [2.45, 2.75) is 46.7 Å². The molecule has 0 radical (unpaired) electrons. The summed E-state index contributed by atoms with van der Waals surface area (Å²) in [6.07, 6.45) is 1.73. The lowest BCUT2D eigenvalue weighted by Gasteiger charge is -2.19. The molecule has 2 aromatic heterocycles. The third kappa shape index (κ3) is 3.72. The van der Waals surface area contributed by atoms with Crippen LogP contribution in [-0.2, 0) is 0 Å². The van der Waals surface area contributed by atoms with Crippen molar-refractivity contribution >= 4 is 16.9 Å². The first-order valence-electron chi connectivity index (χ1n) is 10.4. The summed E-state index contributed by atoms with van der Waals surface area (Å²) in [5, 5.41) is 8.34. The molecule has 1 amide bonds. The van der Waals surface area contributed by atoms with Crippen molar-refractivity contribution in [1.82, 2.24) is 20.1 Å². The molecule has 30 heavy (non-hydrogen) atoms. The average molecular weight is 409 g/mol. The molecule has 7 heteroatoms. The summed E-state index contributed by atoms with van der Waals surface area (Å²) < 4.78 is 13.2. The van der Waals surface area contributed by atoms with E-state index in [9.17, 15) is 4.79 Å². The molecule has 1 atom stereocenters. The molecule has 3 aromatic rings. The molecule has 7 nitrogen and oxygen atoms in total. The van der Waals surface area contributed by atoms with Crippen LogP contribution in [0.4, 0.5) is 0 Å². The molecule has 0 bridgehead atoms. The van der Waals surface area contributed by atoms with Gasteiger partial charge >= 0.3 is 0 Å². The topological polar surface area (TPSA) is 78.3 Å². The molecule has 1 aromatic carbocycles. The normalized spacial score (nSPS) is 14.4. The second kappa shape index (κ2) is 7.97. The van der Waals surface area contributed by atoms with E-state index in [-0.39, 0.29) is 18.0 Å². The average Bonchev–Trinajstić information content (AvgIpc) is 3.16. The highest BCUT2D eigenvalue weighted by molar-refractivity contribution is 6.06. The van der Waals surface area contributed by atoms with Gasteiger partial charge in [0.25, 0.3) is 5.91 Å². The number of nitrogens with one attached hydrogen (secondary N) is 1. The van der Waals surface area contributed by atoms with Gasteiger partial charge in [-0.1, -0.05) is 13.8 Å². The number of nitrogens with zero attached hydrogens (tertiary/aromatic N) is 3. The maximum atomic E-state index is 13.1. The van der Waals surface area contributed by atoms with Crippen molar-refractivity contribution in [3.8, 4) is 22.8 Å². The second-order valence-corrected chi connectivity index (χ2v) is 8.34. The highest BCUT2D eigenvalue weighted by atomic mass is 16.6. The van der Waals surface area contributed by atoms with Gasteiger partial charge in [0.2, 0.25) is 0 Å². The lowest BCUT2D eigenvalue weighted by Crippen LogP contribution is -2.36. The summed E-state index contributed by atoms with van der Waals surface area (Å²) in [7, 11) is 0. The van der Waals surface area contributed by atoms with Crippen molar-refractivity contribution in [3.05, 3.63) is 36.0 Å². The van der Waals surface area contributed by atoms with Gasteiger partial charge in [-0.3, -0.25) is 4.79 Å². The van der Waals surface area contributed by atoms with E-state index in [1.54, 1.807) is 6.20 Å². The minimum absolute atomic E-state index is 0.0543. The van der Waals surface area contributed by atoms with Crippen molar-refractivity contribution < 1.29 is 14.3 Å². The van der Waals surface area contributed by atoms with E-state index in [2.05, 4.69) is 24.3 Å². The lowest BCUT2D eigenvalue weighted by atomic mass is 10.0. The number of hydrogen-bond acceptors (Lipinski definition) is 5. The highest BCUT2D eigenvalue weighted by Crippen LogP contribution is 2.35. The largest absolute Gasteiger partial charge is 0.486 e. The highest BCUT2D eigenvalue weighted by Gasteiger charge is 2.21. The summed E-state index contributed by atoms with van der Waals surface area (Å²) in [4.78, 5) is 18.0. The number of pyridine rings is 1. The minimum atomic E-state index is -0.120. The first-order chi connectivity index (χ1) is 14.3. The van der Waals surface area contributed by atoms with Crippen LogP contribution in [0.2, 0.25) is 0 Å². The van der Waals surface area contributed by atoms with Crippen molar-refractivity contribution in [3.63, 3.8) is 0 Å². The quantitative estimate of drug-likeness (QED) is 0.684. The van der Waals surface area contributed by atoms with E-state index in [0.29, 0.717) is 41.8 Å². The van der Waals surface area contributed by atoms with Gasteiger partial charge < -0.3 is 14.8 Å². The van der Waals surface area contributed by atoms with Crippen LogP contribution in [0.25, 0.3) is 22.3 Å². The van der Waals surface area contributed by atoms with Gasteiger partial charge in [0.15, 0.2) is 17.1 Å². The number of benzene rings is 1. The fraction of sp³-hybridized carbons (Fsp3) is 0.435. The van der Waals surface area contributed by atoms with Gasteiger partial charge in [0.05, 0.1) is 22.8 Å². The zero-order valence-corrected chi connectivity index (χ0v) is 18.1. The minimum Gasteiger partial charge on any atom is -0.486 e. The van der Waals surface area contributed by atoms with Crippen molar-refractivity contribution in [1.29, 1.82) is 0 Å². The third-order valence-corrected chi connectivity index (χ3v) is 5.50. The number of amides is 1.